The molecule has 3 N–H and O–H groups in total. The molecule has 0 atom stereocenters. The van der Waals surface area contributed by atoms with Gasteiger partial charge in [-0.15, -0.1) is 5.10 Å². The lowest BCUT2D eigenvalue weighted by Gasteiger charge is -2.09. The van der Waals surface area contributed by atoms with Crippen LogP contribution in [-0.4, -0.2) is 37.0 Å². The maximum atomic E-state index is 12.8. The predicted molar refractivity (Wildman–Crippen MR) is 111 cm³/mol. The zero-order valence-corrected chi connectivity index (χ0v) is 16.2. The van der Waals surface area contributed by atoms with E-state index in [1.165, 1.54) is 0 Å². The van der Waals surface area contributed by atoms with Gasteiger partial charge in [-0.1, -0.05) is 41.6 Å². The van der Waals surface area contributed by atoms with Crippen molar-refractivity contribution in [3.8, 4) is 5.69 Å². The molecule has 0 saturated heterocycles. The Bertz CT molecular complexity index is 1360. The fourth-order valence-electron chi connectivity index (χ4n) is 3.45. The van der Waals surface area contributed by atoms with E-state index in [1.807, 2.05) is 30.3 Å². The van der Waals surface area contributed by atoms with Crippen LogP contribution in [0.25, 0.3) is 16.5 Å². The second-order valence-electron chi connectivity index (χ2n) is 7.20. The van der Waals surface area contributed by atoms with Gasteiger partial charge in [-0.05, 0) is 31.0 Å². The smallest absolute Gasteiger partial charge is 0.267 e. The molecule has 0 unspecified atom stereocenters. The monoisotopic (exact) mass is 415 g/mol. The van der Waals surface area contributed by atoms with Crippen molar-refractivity contribution < 1.29 is 9.59 Å². The molecule has 0 bridgehead atoms. The third-order valence-corrected chi connectivity index (χ3v) is 5.09. The van der Waals surface area contributed by atoms with Crippen LogP contribution in [0.4, 0.5) is 0 Å². The van der Waals surface area contributed by atoms with Crippen molar-refractivity contribution in [3.63, 3.8) is 0 Å². The van der Waals surface area contributed by atoms with E-state index in [9.17, 15) is 14.4 Å². The number of hydrazine groups is 1. The number of H-pyrrole nitrogens is 1. The van der Waals surface area contributed by atoms with Crippen LogP contribution in [-0.2, 0) is 0 Å². The van der Waals surface area contributed by atoms with Crippen molar-refractivity contribution in [1.29, 1.82) is 0 Å². The van der Waals surface area contributed by atoms with Gasteiger partial charge in [-0.3, -0.25) is 25.2 Å². The van der Waals surface area contributed by atoms with Gasteiger partial charge in [-0.25, -0.2) is 9.78 Å². The summed E-state index contributed by atoms with van der Waals surface area (Å²) in [6.07, 6.45) is 1.89. The summed E-state index contributed by atoms with van der Waals surface area (Å²) in [5.41, 5.74) is 5.99. The summed E-state index contributed by atoms with van der Waals surface area (Å²) < 4.78 is 1.66. The lowest BCUT2D eigenvalue weighted by molar-refractivity contribution is 0.0841. The number of hydrogen-bond donors (Lipinski definition) is 3. The molecule has 4 aromatic rings. The first kappa shape index (κ1) is 18.7. The van der Waals surface area contributed by atoms with Crippen LogP contribution in [0.3, 0.4) is 0 Å². The van der Waals surface area contributed by atoms with E-state index < -0.39 is 17.4 Å². The van der Waals surface area contributed by atoms with E-state index in [4.69, 9.17) is 0 Å². The zero-order chi connectivity index (χ0) is 21.4. The van der Waals surface area contributed by atoms with Gasteiger partial charge in [-0.2, -0.15) is 5.10 Å². The molecular weight excluding hydrogens is 398 g/mol. The summed E-state index contributed by atoms with van der Waals surface area (Å²) in [6, 6.07) is 16.0. The van der Waals surface area contributed by atoms with E-state index in [1.54, 1.807) is 28.9 Å². The Hall–Kier alpha value is -4.34. The number of aromatic nitrogens is 5. The Morgan fingerprint density at radius 2 is 1.55 bits per heavy atom. The normalized spacial score (nSPS) is 13.2. The van der Waals surface area contributed by atoms with Crippen LogP contribution in [0.5, 0.6) is 0 Å². The van der Waals surface area contributed by atoms with Crippen molar-refractivity contribution in [2.24, 2.45) is 0 Å². The van der Waals surface area contributed by atoms with Crippen molar-refractivity contribution in [3.05, 3.63) is 82.0 Å². The average Bonchev–Trinajstić information content (AvgIpc) is 3.55. The number of amides is 2. The van der Waals surface area contributed by atoms with E-state index in [0.29, 0.717) is 16.5 Å². The lowest BCUT2D eigenvalue weighted by atomic mass is 10.1. The minimum atomic E-state index is -0.663. The van der Waals surface area contributed by atoms with E-state index in [2.05, 4.69) is 31.4 Å². The molecule has 154 valence electrons. The molecule has 1 aliphatic carbocycles. The molecule has 2 aromatic heterocycles. The van der Waals surface area contributed by atoms with Gasteiger partial charge in [0.25, 0.3) is 17.4 Å². The highest BCUT2D eigenvalue weighted by Gasteiger charge is 2.34. The molecule has 2 heterocycles. The summed E-state index contributed by atoms with van der Waals surface area (Å²) in [6.45, 7) is 0. The fraction of sp³-hybridized carbons (Fsp3) is 0.143. The van der Waals surface area contributed by atoms with Gasteiger partial charge < -0.3 is 0 Å². The predicted octanol–water partition coefficient (Wildman–Crippen LogP) is 1.46. The van der Waals surface area contributed by atoms with Gasteiger partial charge in [0.1, 0.15) is 0 Å². The molecule has 10 nitrogen and oxygen atoms in total. The van der Waals surface area contributed by atoms with E-state index in [0.717, 1.165) is 18.5 Å². The Kier molecular flexibility index (Phi) is 4.51. The number of para-hydroxylation sites is 1. The quantitative estimate of drug-likeness (QED) is 0.432. The summed E-state index contributed by atoms with van der Waals surface area (Å²) >= 11 is 0. The lowest BCUT2D eigenvalue weighted by Crippen LogP contribution is -2.42. The van der Waals surface area contributed by atoms with Gasteiger partial charge in [0.2, 0.25) is 0 Å². The van der Waals surface area contributed by atoms with Crippen molar-refractivity contribution in [1.82, 2.24) is 36.0 Å². The van der Waals surface area contributed by atoms with Crippen LogP contribution >= 0.6 is 0 Å². The SMILES string of the molecule is O=C(NNC(=O)c1n[nH]c(=O)c2ccccc12)c1nnn(-c2ccccc2)c1C1CC1. The minimum Gasteiger partial charge on any atom is -0.267 e. The molecule has 1 aliphatic rings. The average molecular weight is 415 g/mol. The van der Waals surface area contributed by atoms with Gasteiger partial charge in [0.15, 0.2) is 11.4 Å². The highest BCUT2D eigenvalue weighted by molar-refractivity contribution is 6.05. The number of nitrogens with zero attached hydrogens (tertiary/aromatic N) is 4. The molecule has 2 aromatic carbocycles. The van der Waals surface area contributed by atoms with Crippen LogP contribution in [0.2, 0.25) is 0 Å². The van der Waals surface area contributed by atoms with Gasteiger partial charge >= 0.3 is 0 Å². The maximum Gasteiger partial charge on any atom is 0.292 e. The molecule has 0 radical (unpaired) electrons. The van der Waals surface area contributed by atoms with Gasteiger partial charge in [0, 0.05) is 11.3 Å². The number of nitrogens with one attached hydrogen (secondary N) is 3. The molecule has 2 amide bonds. The summed E-state index contributed by atoms with van der Waals surface area (Å²) in [7, 11) is 0. The molecule has 1 fully saturated rings. The second kappa shape index (κ2) is 7.48. The van der Waals surface area contributed by atoms with Crippen molar-refractivity contribution in [2.45, 2.75) is 18.8 Å². The summed E-state index contributed by atoms with van der Waals surface area (Å²) in [5.74, 6) is -1.05. The number of hydrogen-bond acceptors (Lipinski definition) is 6. The van der Waals surface area contributed by atoms with Crippen molar-refractivity contribution in [2.75, 3.05) is 0 Å². The standard InChI is InChI=1S/C21H17N7O3/c29-19-15-9-5-4-8-14(15)16(22-24-19)20(30)25-26-21(31)17-18(12-10-11-12)28(27-23-17)13-6-2-1-3-7-13/h1-9,12H,10-11H2,(H,24,29)(H,25,30)(H,26,31). The molecule has 1 saturated carbocycles. The Balaban J connectivity index is 1.38. The number of rotatable bonds is 4. The molecule has 5 rings (SSSR count). The van der Waals surface area contributed by atoms with Gasteiger partial charge in [0.05, 0.1) is 16.8 Å². The first-order chi connectivity index (χ1) is 15.1. The van der Waals surface area contributed by atoms with Crippen molar-refractivity contribution >= 4 is 22.6 Å². The minimum absolute atomic E-state index is 0.00847. The number of fused-ring (bicyclic) bond motifs is 1. The zero-order valence-electron chi connectivity index (χ0n) is 16.2. The number of aromatic amines is 1. The molecule has 10 heteroatoms. The number of carbonyl (C=O) groups is 2. The highest BCUT2D eigenvalue weighted by atomic mass is 16.2. The number of benzene rings is 2. The second-order valence-corrected chi connectivity index (χ2v) is 7.20. The Labute approximate surface area is 175 Å². The third-order valence-electron chi connectivity index (χ3n) is 5.09. The first-order valence-electron chi connectivity index (χ1n) is 9.72. The summed E-state index contributed by atoms with van der Waals surface area (Å²) in [4.78, 5) is 37.3. The topological polar surface area (TPSA) is 135 Å². The van der Waals surface area contributed by atoms with Crippen LogP contribution in [0.1, 0.15) is 45.4 Å². The van der Waals surface area contributed by atoms with E-state index >= 15 is 0 Å². The molecular formula is C21H17N7O3. The molecule has 0 aliphatic heterocycles. The van der Waals surface area contributed by atoms with Crippen LogP contribution < -0.4 is 16.4 Å². The first-order valence-corrected chi connectivity index (χ1v) is 9.72. The molecule has 0 spiro atoms. The molecule has 31 heavy (non-hydrogen) atoms. The Morgan fingerprint density at radius 3 is 2.26 bits per heavy atom. The fourth-order valence-corrected chi connectivity index (χ4v) is 3.45. The van der Waals surface area contributed by atoms with Crippen LogP contribution in [0, 0.1) is 0 Å². The Morgan fingerprint density at radius 1 is 0.903 bits per heavy atom. The third kappa shape index (κ3) is 3.44. The van der Waals surface area contributed by atoms with Crippen LogP contribution in [0.15, 0.2) is 59.4 Å². The summed E-state index contributed by atoms with van der Waals surface area (Å²) in [5, 5.41) is 15.0. The van der Waals surface area contributed by atoms with E-state index in [-0.39, 0.29) is 17.3 Å². The largest absolute Gasteiger partial charge is 0.292 e. The maximum absolute atomic E-state index is 12.8. The number of carbonyl (C=O) groups excluding carboxylic acids is 2. The highest BCUT2D eigenvalue weighted by Crippen LogP contribution is 2.41.